The summed E-state index contributed by atoms with van der Waals surface area (Å²) in [6.07, 6.45) is 6.28. The lowest BCUT2D eigenvalue weighted by Crippen LogP contribution is -2.43. The molecular weight excluding hydrogens is 488 g/mol. The van der Waals surface area contributed by atoms with E-state index in [-0.39, 0.29) is 28.2 Å². The van der Waals surface area contributed by atoms with E-state index in [4.69, 9.17) is 4.98 Å². The lowest BCUT2D eigenvalue weighted by atomic mass is 9.57. The molecule has 0 bridgehead atoms. The number of nitriles is 1. The molecule has 9 heteroatoms. The number of benzene rings is 1. The van der Waals surface area contributed by atoms with Gasteiger partial charge in [-0.15, -0.1) is 10.2 Å². The van der Waals surface area contributed by atoms with Crippen LogP contribution in [0.2, 0.25) is 0 Å². The van der Waals surface area contributed by atoms with Gasteiger partial charge in [0.2, 0.25) is 0 Å². The summed E-state index contributed by atoms with van der Waals surface area (Å²) < 4.78 is 1.93. The molecule has 3 aliphatic rings. The van der Waals surface area contributed by atoms with Gasteiger partial charge in [0.05, 0.1) is 17.5 Å². The summed E-state index contributed by atoms with van der Waals surface area (Å²) >= 11 is 0. The number of rotatable bonds is 8. The number of carbonyl (C=O) groups is 1. The van der Waals surface area contributed by atoms with E-state index in [9.17, 15) is 10.1 Å². The molecule has 1 amide bonds. The zero-order valence-electron chi connectivity index (χ0n) is 23.1. The third-order valence-corrected chi connectivity index (χ3v) is 8.88. The number of amides is 1. The molecule has 1 aromatic carbocycles. The Labute approximate surface area is 229 Å². The van der Waals surface area contributed by atoms with E-state index < -0.39 is 0 Å². The summed E-state index contributed by atoms with van der Waals surface area (Å²) in [5.74, 6) is 0.692. The lowest BCUT2D eigenvalue weighted by Gasteiger charge is -2.45. The van der Waals surface area contributed by atoms with E-state index in [1.165, 1.54) is 12.8 Å². The van der Waals surface area contributed by atoms with Crippen LogP contribution in [0.5, 0.6) is 0 Å². The highest BCUT2D eigenvalue weighted by atomic mass is 16.1. The van der Waals surface area contributed by atoms with Crippen molar-refractivity contribution >= 4 is 17.3 Å². The zero-order valence-corrected chi connectivity index (χ0v) is 23.1. The van der Waals surface area contributed by atoms with E-state index in [1.807, 2.05) is 35.9 Å². The van der Waals surface area contributed by atoms with Crippen molar-refractivity contribution in [3.8, 4) is 6.07 Å². The first kappa shape index (κ1) is 25.5. The monoisotopic (exact) mass is 524 g/mol. The van der Waals surface area contributed by atoms with Gasteiger partial charge in [-0.25, -0.2) is 4.98 Å². The molecule has 3 aromatic rings. The van der Waals surface area contributed by atoms with Gasteiger partial charge in [-0.2, -0.15) is 5.26 Å². The smallest absolute Gasteiger partial charge is 0.274 e. The van der Waals surface area contributed by atoms with Crippen LogP contribution in [0.3, 0.4) is 0 Å². The molecule has 9 nitrogen and oxygen atoms in total. The number of hydrogen-bond donors (Lipinski definition) is 3. The molecule has 0 unspecified atom stereocenters. The van der Waals surface area contributed by atoms with Gasteiger partial charge < -0.3 is 20.5 Å². The molecule has 1 aliphatic heterocycles. The molecular formula is C30H36N8O. The fraction of sp³-hybridized carbons (Fsp3) is 0.500. The highest BCUT2D eigenvalue weighted by Crippen LogP contribution is 2.50. The van der Waals surface area contributed by atoms with Crippen LogP contribution in [0.15, 0.2) is 36.7 Å². The molecule has 202 valence electrons. The average Bonchev–Trinajstić information content (AvgIpc) is 3.37. The molecule has 0 atom stereocenters. The second-order valence-corrected chi connectivity index (χ2v) is 12.6. The van der Waals surface area contributed by atoms with Crippen LogP contribution in [0.25, 0.3) is 0 Å². The van der Waals surface area contributed by atoms with E-state index >= 15 is 0 Å². The number of fused-ring (bicyclic) bond motifs is 1. The van der Waals surface area contributed by atoms with Crippen LogP contribution in [-0.2, 0) is 30.8 Å². The summed E-state index contributed by atoms with van der Waals surface area (Å²) in [5, 5.41) is 28.1. The third kappa shape index (κ3) is 4.78. The minimum absolute atomic E-state index is 0.0222. The van der Waals surface area contributed by atoms with Crippen molar-refractivity contribution in [1.82, 2.24) is 25.1 Å². The van der Waals surface area contributed by atoms with Crippen LogP contribution >= 0.6 is 0 Å². The van der Waals surface area contributed by atoms with Gasteiger partial charge in [0.15, 0.2) is 0 Å². The minimum Gasteiger partial charge on any atom is -0.382 e. The molecule has 3 heterocycles. The normalized spacial score (nSPS) is 23.7. The predicted octanol–water partition coefficient (Wildman–Crippen LogP) is 4.22. The van der Waals surface area contributed by atoms with Gasteiger partial charge in [0, 0.05) is 54.5 Å². The topological polar surface area (TPSA) is 121 Å². The molecule has 0 saturated heterocycles. The minimum atomic E-state index is -0.220. The molecule has 0 radical (unpaired) electrons. The maximum absolute atomic E-state index is 13.6. The Hall–Kier alpha value is -3.77. The molecule has 2 fully saturated rings. The van der Waals surface area contributed by atoms with Gasteiger partial charge in [-0.05, 0) is 61.9 Å². The van der Waals surface area contributed by atoms with Crippen LogP contribution < -0.4 is 16.0 Å². The largest absolute Gasteiger partial charge is 0.382 e. The van der Waals surface area contributed by atoms with E-state index in [2.05, 4.69) is 59.1 Å². The fourth-order valence-electron chi connectivity index (χ4n) is 5.96. The molecule has 2 aromatic heterocycles. The van der Waals surface area contributed by atoms with Crippen molar-refractivity contribution in [2.75, 3.05) is 17.2 Å². The molecule has 2 saturated carbocycles. The zero-order chi connectivity index (χ0) is 27.4. The highest BCUT2D eigenvalue weighted by Gasteiger charge is 2.46. The van der Waals surface area contributed by atoms with Crippen molar-refractivity contribution in [3.63, 3.8) is 0 Å². The SMILES string of the molecule is Cn1cnnc1C[C@]1(c2cccc(NC(=O)c3cc(CNC4(C)CC4)c4c(n3)C(C)(C)CN4)c2)C[C@H](C#N)C1. The first-order valence-electron chi connectivity index (χ1n) is 13.8. The van der Waals surface area contributed by atoms with Crippen LogP contribution in [0.4, 0.5) is 11.4 Å². The average molecular weight is 525 g/mol. The van der Waals surface area contributed by atoms with E-state index in [1.54, 1.807) is 6.33 Å². The first-order valence-corrected chi connectivity index (χ1v) is 13.8. The van der Waals surface area contributed by atoms with Crippen LogP contribution in [0, 0.1) is 17.2 Å². The molecule has 39 heavy (non-hydrogen) atoms. The Morgan fingerprint density at radius 3 is 2.72 bits per heavy atom. The van der Waals surface area contributed by atoms with E-state index in [0.717, 1.165) is 53.4 Å². The van der Waals surface area contributed by atoms with Crippen molar-refractivity contribution in [3.05, 3.63) is 65.0 Å². The number of hydrogen-bond acceptors (Lipinski definition) is 7. The Morgan fingerprint density at radius 2 is 2.03 bits per heavy atom. The molecule has 6 rings (SSSR count). The van der Waals surface area contributed by atoms with Crippen molar-refractivity contribution in [1.29, 1.82) is 5.26 Å². The van der Waals surface area contributed by atoms with Gasteiger partial charge in [-0.3, -0.25) is 4.79 Å². The summed E-state index contributed by atoms with van der Waals surface area (Å²) in [7, 11) is 1.94. The molecule has 3 N–H and O–H groups in total. The first-order chi connectivity index (χ1) is 18.6. The maximum Gasteiger partial charge on any atom is 0.274 e. The summed E-state index contributed by atoms with van der Waals surface area (Å²) in [5.41, 5.74) is 5.16. The number of aromatic nitrogens is 4. The number of nitrogens with one attached hydrogen (secondary N) is 3. The Morgan fingerprint density at radius 1 is 1.23 bits per heavy atom. The highest BCUT2D eigenvalue weighted by molar-refractivity contribution is 6.03. The quantitative estimate of drug-likeness (QED) is 0.403. The molecule has 0 spiro atoms. The summed E-state index contributed by atoms with van der Waals surface area (Å²) in [4.78, 5) is 18.4. The lowest BCUT2D eigenvalue weighted by molar-refractivity contribution is 0.102. The standard InChI is InChI=1S/C30H36N8O/c1-28(2)17-32-25-20(16-33-29(3)8-9-29)10-23(36-26(25)28)27(39)35-22-7-5-6-21(11-22)30(12-19(13-30)15-31)14-24-37-34-18-38(24)4/h5-7,10-11,18-19,32-33H,8-9,12-14,16-17H2,1-4H3,(H,35,39)/t19-,30-. The maximum atomic E-state index is 13.6. The van der Waals surface area contributed by atoms with Gasteiger partial charge in [0.25, 0.3) is 5.91 Å². The number of pyridine rings is 1. The number of anilines is 2. The van der Waals surface area contributed by atoms with Crippen molar-refractivity contribution in [2.24, 2.45) is 13.0 Å². The van der Waals surface area contributed by atoms with Crippen LogP contribution in [-0.4, -0.2) is 37.7 Å². The second kappa shape index (κ2) is 9.16. The Bertz CT molecular complexity index is 1470. The predicted molar refractivity (Wildman–Crippen MR) is 149 cm³/mol. The molecule has 2 aliphatic carbocycles. The van der Waals surface area contributed by atoms with Gasteiger partial charge >= 0.3 is 0 Å². The summed E-state index contributed by atoms with van der Waals surface area (Å²) in [6, 6.07) is 12.3. The van der Waals surface area contributed by atoms with Gasteiger partial charge in [-0.1, -0.05) is 26.0 Å². The van der Waals surface area contributed by atoms with Crippen LogP contribution in [0.1, 0.15) is 79.6 Å². The Kier molecular flexibility index (Phi) is 5.99. The van der Waals surface area contributed by atoms with Crippen molar-refractivity contribution in [2.45, 2.75) is 75.8 Å². The van der Waals surface area contributed by atoms with Gasteiger partial charge in [0.1, 0.15) is 17.8 Å². The fourth-order valence-corrected chi connectivity index (χ4v) is 5.96. The number of aryl methyl sites for hydroxylation is 1. The van der Waals surface area contributed by atoms with E-state index in [0.29, 0.717) is 18.7 Å². The third-order valence-electron chi connectivity index (χ3n) is 8.88. The Balaban J connectivity index is 1.26. The van der Waals surface area contributed by atoms with Crippen molar-refractivity contribution < 1.29 is 4.79 Å². The summed E-state index contributed by atoms with van der Waals surface area (Å²) in [6.45, 7) is 8.06. The number of nitrogens with zero attached hydrogens (tertiary/aromatic N) is 5. The number of carbonyl (C=O) groups excluding carboxylic acids is 1. The second-order valence-electron chi connectivity index (χ2n) is 12.6.